The number of rotatable bonds is 0. The Bertz CT molecular complexity index is 131. The highest BCUT2D eigenvalue weighted by atomic mass is 31.1. The van der Waals surface area contributed by atoms with E-state index in [4.69, 9.17) is 14.4 Å². The Balaban J connectivity index is 0.000000148. The van der Waals surface area contributed by atoms with Gasteiger partial charge in [-0.1, -0.05) is 0 Å². The molecule has 0 spiro atoms. The number of H-pyrrole nitrogens is 1. The molecule has 3 N–H and O–H groups in total. The molecular formula is C2H5N3O3P+. The van der Waals surface area contributed by atoms with Gasteiger partial charge in [-0.05, 0) is 0 Å². The van der Waals surface area contributed by atoms with Crippen molar-refractivity contribution < 1.29 is 14.4 Å². The third-order valence-corrected chi connectivity index (χ3v) is 0.331. The predicted octanol–water partition coefficient (Wildman–Crippen LogP) is -0.567. The van der Waals surface area contributed by atoms with Gasteiger partial charge in [0, 0.05) is 4.57 Å². The third-order valence-electron chi connectivity index (χ3n) is 0.331. The van der Waals surface area contributed by atoms with Gasteiger partial charge in [0.1, 0.15) is 12.7 Å². The van der Waals surface area contributed by atoms with E-state index in [2.05, 4.69) is 15.2 Å². The van der Waals surface area contributed by atoms with Gasteiger partial charge in [0.15, 0.2) is 0 Å². The van der Waals surface area contributed by atoms with Crippen LogP contribution in [0.5, 0.6) is 0 Å². The van der Waals surface area contributed by atoms with Crippen molar-refractivity contribution in [3.05, 3.63) is 12.7 Å². The first-order valence-corrected chi connectivity index (χ1v) is 3.03. The van der Waals surface area contributed by atoms with E-state index in [0.29, 0.717) is 0 Å². The van der Waals surface area contributed by atoms with E-state index < -0.39 is 8.25 Å². The largest absolute Gasteiger partial charge is 0.692 e. The summed E-state index contributed by atoms with van der Waals surface area (Å²) in [6.45, 7) is 0. The van der Waals surface area contributed by atoms with Crippen LogP contribution in [0.1, 0.15) is 0 Å². The van der Waals surface area contributed by atoms with Gasteiger partial charge in [0.2, 0.25) is 0 Å². The highest BCUT2D eigenvalue weighted by Crippen LogP contribution is 1.98. The Kier molecular flexibility index (Phi) is 4.81. The maximum absolute atomic E-state index is 8.70. The van der Waals surface area contributed by atoms with Crippen molar-refractivity contribution in [1.29, 1.82) is 0 Å². The topological polar surface area (TPSA) is 99.1 Å². The molecule has 1 heterocycles. The fraction of sp³-hybridized carbons (Fsp3) is 0. The molecule has 50 valence electrons. The molecule has 0 saturated heterocycles. The van der Waals surface area contributed by atoms with E-state index in [1.807, 2.05) is 0 Å². The van der Waals surface area contributed by atoms with Gasteiger partial charge in [-0.2, -0.15) is 5.10 Å². The Labute approximate surface area is 51.5 Å². The Hall–Kier alpha value is -0.840. The van der Waals surface area contributed by atoms with Crippen molar-refractivity contribution in [1.82, 2.24) is 15.2 Å². The summed E-state index contributed by atoms with van der Waals surface area (Å²) in [5.74, 6) is 0. The molecular weight excluding hydrogens is 145 g/mol. The van der Waals surface area contributed by atoms with Crippen molar-refractivity contribution in [2.45, 2.75) is 0 Å². The van der Waals surface area contributed by atoms with Crippen LogP contribution < -0.4 is 0 Å². The molecule has 0 aliphatic heterocycles. The Morgan fingerprint density at radius 1 is 1.56 bits per heavy atom. The summed E-state index contributed by atoms with van der Waals surface area (Å²) < 4.78 is 8.70. The maximum Gasteiger partial charge on any atom is 0.692 e. The predicted molar refractivity (Wildman–Crippen MR) is 28.4 cm³/mol. The molecule has 0 aromatic carbocycles. The van der Waals surface area contributed by atoms with Crippen molar-refractivity contribution in [2.75, 3.05) is 0 Å². The smallest absolute Gasteiger partial charge is 0.266 e. The van der Waals surface area contributed by atoms with Crippen LogP contribution in [0.25, 0.3) is 0 Å². The van der Waals surface area contributed by atoms with Gasteiger partial charge in [-0.3, -0.25) is 5.10 Å². The second-order valence-corrected chi connectivity index (χ2v) is 1.41. The lowest BCUT2D eigenvalue weighted by Crippen LogP contribution is -1.53. The molecule has 0 aliphatic rings. The molecule has 0 amide bonds. The molecule has 7 heteroatoms. The molecule has 1 aromatic rings. The number of nitrogens with zero attached hydrogens (tertiary/aromatic N) is 2. The summed E-state index contributed by atoms with van der Waals surface area (Å²) in [6.07, 6.45) is 2.96. The lowest BCUT2D eigenvalue weighted by atomic mass is 11.3. The summed E-state index contributed by atoms with van der Waals surface area (Å²) >= 11 is 0. The van der Waals surface area contributed by atoms with Crippen LogP contribution in [0.4, 0.5) is 0 Å². The lowest BCUT2D eigenvalue weighted by Gasteiger charge is -1.46. The second kappa shape index (κ2) is 5.30. The minimum Gasteiger partial charge on any atom is -0.266 e. The monoisotopic (exact) mass is 150 g/mol. The molecule has 0 bridgehead atoms. The van der Waals surface area contributed by atoms with E-state index in [1.165, 1.54) is 12.7 Å². The Morgan fingerprint density at radius 3 is 2.22 bits per heavy atom. The van der Waals surface area contributed by atoms with Crippen LogP contribution in [0.3, 0.4) is 0 Å². The standard InChI is InChI=1S/C2H3N3.HO3P/c1-3-2-5-4-1;1-4(2)3/h1-2H,(H,3,4,5);(H-,1,2,3)/p+1. The molecule has 0 atom stereocenters. The van der Waals surface area contributed by atoms with E-state index in [0.717, 1.165) is 0 Å². The zero-order valence-corrected chi connectivity index (χ0v) is 5.19. The minimum atomic E-state index is -2.87. The van der Waals surface area contributed by atoms with Crippen LogP contribution in [-0.4, -0.2) is 25.0 Å². The molecule has 1 rings (SSSR count). The average Bonchev–Trinajstić information content (AvgIpc) is 2.11. The van der Waals surface area contributed by atoms with Crippen molar-refractivity contribution in [3.8, 4) is 0 Å². The molecule has 0 aliphatic carbocycles. The molecule has 1 aromatic heterocycles. The summed E-state index contributed by atoms with van der Waals surface area (Å²) in [7, 11) is -2.87. The van der Waals surface area contributed by atoms with E-state index in [-0.39, 0.29) is 0 Å². The van der Waals surface area contributed by atoms with Crippen LogP contribution in [0.2, 0.25) is 0 Å². The van der Waals surface area contributed by atoms with Crippen LogP contribution in [0, 0.1) is 0 Å². The SMILES string of the molecule is O=[P+](O)O.c1nc[nH]n1. The normalized spacial score (nSPS) is 7.33. The fourth-order valence-corrected chi connectivity index (χ4v) is 0.167. The maximum atomic E-state index is 8.70. The molecule has 9 heavy (non-hydrogen) atoms. The van der Waals surface area contributed by atoms with Crippen LogP contribution >= 0.6 is 8.25 Å². The molecule has 6 nitrogen and oxygen atoms in total. The van der Waals surface area contributed by atoms with Gasteiger partial charge in [-0.25, -0.2) is 4.98 Å². The average molecular weight is 150 g/mol. The fourth-order valence-electron chi connectivity index (χ4n) is 0.167. The Morgan fingerprint density at radius 2 is 2.11 bits per heavy atom. The minimum absolute atomic E-state index is 1.44. The number of hydrogen-bond acceptors (Lipinski definition) is 3. The van der Waals surface area contributed by atoms with Gasteiger partial charge in [0.25, 0.3) is 0 Å². The molecule has 0 radical (unpaired) electrons. The van der Waals surface area contributed by atoms with Crippen LogP contribution in [0.15, 0.2) is 12.7 Å². The molecule has 0 unspecified atom stereocenters. The van der Waals surface area contributed by atoms with Gasteiger partial charge >= 0.3 is 8.25 Å². The summed E-state index contributed by atoms with van der Waals surface area (Å²) in [5, 5.41) is 5.99. The number of nitrogens with one attached hydrogen (secondary N) is 1. The lowest BCUT2D eigenvalue weighted by molar-refractivity contribution is 0.405. The van der Waals surface area contributed by atoms with Crippen molar-refractivity contribution in [2.24, 2.45) is 0 Å². The first kappa shape index (κ1) is 8.16. The summed E-state index contributed by atoms with van der Waals surface area (Å²) in [4.78, 5) is 17.8. The summed E-state index contributed by atoms with van der Waals surface area (Å²) in [6, 6.07) is 0. The number of hydrogen-bond donors (Lipinski definition) is 3. The van der Waals surface area contributed by atoms with E-state index >= 15 is 0 Å². The third kappa shape index (κ3) is 11.0. The number of aromatic amines is 1. The second-order valence-electron chi connectivity index (χ2n) is 0.905. The summed E-state index contributed by atoms with van der Waals surface area (Å²) in [5.41, 5.74) is 0. The first-order chi connectivity index (χ1) is 4.23. The van der Waals surface area contributed by atoms with Gasteiger partial charge in [0.05, 0.1) is 0 Å². The van der Waals surface area contributed by atoms with E-state index in [1.54, 1.807) is 0 Å². The van der Waals surface area contributed by atoms with Crippen molar-refractivity contribution in [3.63, 3.8) is 0 Å². The zero-order valence-electron chi connectivity index (χ0n) is 4.30. The highest BCUT2D eigenvalue weighted by Gasteiger charge is 1.93. The van der Waals surface area contributed by atoms with Crippen molar-refractivity contribution >= 4 is 8.25 Å². The number of aromatic nitrogens is 3. The van der Waals surface area contributed by atoms with Gasteiger partial charge < -0.3 is 0 Å². The molecule has 0 saturated carbocycles. The highest BCUT2D eigenvalue weighted by molar-refractivity contribution is 7.30. The van der Waals surface area contributed by atoms with E-state index in [9.17, 15) is 0 Å². The molecule has 0 fully saturated rings. The van der Waals surface area contributed by atoms with Crippen LogP contribution in [-0.2, 0) is 4.57 Å². The zero-order chi connectivity index (χ0) is 7.11. The quantitative estimate of drug-likeness (QED) is 0.430. The van der Waals surface area contributed by atoms with Gasteiger partial charge in [-0.15, -0.1) is 9.79 Å². The first-order valence-electron chi connectivity index (χ1n) is 1.87.